The summed E-state index contributed by atoms with van der Waals surface area (Å²) in [4.78, 5) is 26.5. The lowest BCUT2D eigenvalue weighted by Crippen LogP contribution is -2.33. The second-order valence-electron chi connectivity index (χ2n) is 7.03. The van der Waals surface area contributed by atoms with E-state index in [4.69, 9.17) is 15.7 Å². The van der Waals surface area contributed by atoms with Crippen molar-refractivity contribution in [3.63, 3.8) is 0 Å². The van der Waals surface area contributed by atoms with Crippen molar-refractivity contribution in [2.45, 2.75) is 32.3 Å². The van der Waals surface area contributed by atoms with Crippen LogP contribution >= 0.6 is 0 Å². The molecule has 0 spiro atoms. The van der Waals surface area contributed by atoms with Gasteiger partial charge in [0.15, 0.2) is 6.10 Å². The van der Waals surface area contributed by atoms with Crippen LogP contribution in [0, 0.1) is 11.3 Å². The molecule has 1 saturated heterocycles. The van der Waals surface area contributed by atoms with Crippen molar-refractivity contribution in [1.82, 2.24) is 0 Å². The fourth-order valence-electron chi connectivity index (χ4n) is 3.30. The Balaban J connectivity index is 1.77. The van der Waals surface area contributed by atoms with Crippen LogP contribution in [0.4, 0.5) is 11.4 Å². The minimum absolute atomic E-state index is 0.335. The van der Waals surface area contributed by atoms with Crippen molar-refractivity contribution in [3.8, 4) is 11.8 Å². The van der Waals surface area contributed by atoms with Gasteiger partial charge in [-0.05, 0) is 68.7 Å². The van der Waals surface area contributed by atoms with Gasteiger partial charge in [0.25, 0.3) is 5.91 Å². The van der Waals surface area contributed by atoms with Crippen LogP contribution in [0.3, 0.4) is 0 Å². The number of nitriles is 1. The van der Waals surface area contributed by atoms with Gasteiger partial charge in [0.05, 0.1) is 23.0 Å². The molecule has 3 N–H and O–H groups in total. The Kier molecular flexibility index (Phi) is 6.35. The largest absolute Gasteiger partial charge is 0.481 e. The molecule has 7 heteroatoms. The molecule has 1 fully saturated rings. The van der Waals surface area contributed by atoms with Gasteiger partial charge in [-0.3, -0.25) is 9.59 Å². The number of benzene rings is 2. The van der Waals surface area contributed by atoms with E-state index in [1.54, 1.807) is 43.3 Å². The van der Waals surface area contributed by atoms with Crippen molar-refractivity contribution >= 4 is 23.2 Å². The molecule has 2 amide bonds. The molecule has 2 aromatic carbocycles. The first-order chi connectivity index (χ1) is 14.0. The number of nitrogens with two attached hydrogens (primary N) is 1. The van der Waals surface area contributed by atoms with Crippen LogP contribution in [0.25, 0.3) is 0 Å². The van der Waals surface area contributed by atoms with Crippen LogP contribution in [0.2, 0.25) is 0 Å². The average Bonchev–Trinajstić information content (AvgIpc) is 2.74. The maximum Gasteiger partial charge on any atom is 0.265 e. The fourth-order valence-corrected chi connectivity index (χ4v) is 3.30. The van der Waals surface area contributed by atoms with Crippen LogP contribution in [-0.4, -0.2) is 31.0 Å². The van der Waals surface area contributed by atoms with Crippen LogP contribution in [0.5, 0.6) is 5.75 Å². The van der Waals surface area contributed by atoms with E-state index < -0.39 is 12.0 Å². The van der Waals surface area contributed by atoms with Crippen molar-refractivity contribution in [2.75, 3.05) is 23.3 Å². The molecule has 0 saturated carbocycles. The van der Waals surface area contributed by atoms with Crippen LogP contribution in [-0.2, 0) is 4.79 Å². The molecule has 150 valence electrons. The standard InChI is InChI=1S/C22H24N4O3/c1-15(29-18-8-5-16(14-23)6-9-18)22(28)25-19-13-17(21(24)27)7-10-20(19)26-11-3-2-4-12-26/h5-10,13,15H,2-4,11-12H2,1H3,(H2,24,27)(H,25,28). The summed E-state index contributed by atoms with van der Waals surface area (Å²) in [7, 11) is 0. The number of hydrogen-bond donors (Lipinski definition) is 2. The van der Waals surface area contributed by atoms with Crippen molar-refractivity contribution in [3.05, 3.63) is 53.6 Å². The maximum atomic E-state index is 12.7. The van der Waals surface area contributed by atoms with Crippen LogP contribution in [0.15, 0.2) is 42.5 Å². The highest BCUT2D eigenvalue weighted by Gasteiger charge is 2.20. The summed E-state index contributed by atoms with van der Waals surface area (Å²) < 4.78 is 5.68. The predicted molar refractivity (Wildman–Crippen MR) is 111 cm³/mol. The summed E-state index contributed by atoms with van der Waals surface area (Å²) in [6, 6.07) is 13.7. The van der Waals surface area contributed by atoms with Gasteiger partial charge in [-0.2, -0.15) is 5.26 Å². The highest BCUT2D eigenvalue weighted by atomic mass is 16.5. The number of anilines is 2. The Morgan fingerprint density at radius 2 is 1.83 bits per heavy atom. The molecule has 2 aromatic rings. The average molecular weight is 392 g/mol. The normalized spacial score (nSPS) is 14.6. The summed E-state index contributed by atoms with van der Waals surface area (Å²) in [5.41, 5.74) is 7.68. The number of ether oxygens (including phenoxy) is 1. The Hall–Kier alpha value is -3.53. The summed E-state index contributed by atoms with van der Waals surface area (Å²) in [6.45, 7) is 3.44. The number of nitrogens with one attached hydrogen (secondary N) is 1. The van der Waals surface area contributed by atoms with E-state index in [0.29, 0.717) is 22.6 Å². The summed E-state index contributed by atoms with van der Waals surface area (Å²) in [5.74, 6) is -0.393. The molecule has 3 rings (SSSR count). The molecular formula is C22H24N4O3. The second-order valence-corrected chi connectivity index (χ2v) is 7.03. The Morgan fingerprint density at radius 1 is 1.14 bits per heavy atom. The van der Waals surface area contributed by atoms with Crippen LogP contribution in [0.1, 0.15) is 42.1 Å². The number of nitrogens with zero attached hydrogens (tertiary/aromatic N) is 2. The Bertz CT molecular complexity index is 928. The molecule has 1 atom stereocenters. The zero-order valence-corrected chi connectivity index (χ0v) is 16.4. The third-order valence-corrected chi connectivity index (χ3v) is 4.90. The molecule has 1 unspecified atom stereocenters. The zero-order valence-electron chi connectivity index (χ0n) is 16.4. The lowest BCUT2D eigenvalue weighted by atomic mass is 10.1. The van der Waals surface area contributed by atoms with Gasteiger partial charge < -0.3 is 20.7 Å². The van der Waals surface area contributed by atoms with Crippen LogP contribution < -0.4 is 20.7 Å². The first-order valence-corrected chi connectivity index (χ1v) is 9.64. The number of hydrogen-bond acceptors (Lipinski definition) is 5. The molecule has 1 aliphatic rings. The van der Waals surface area contributed by atoms with Gasteiger partial charge in [-0.1, -0.05) is 0 Å². The lowest BCUT2D eigenvalue weighted by molar-refractivity contribution is -0.122. The number of piperidine rings is 1. The minimum Gasteiger partial charge on any atom is -0.481 e. The van der Waals surface area contributed by atoms with E-state index in [2.05, 4.69) is 10.2 Å². The van der Waals surface area contributed by atoms with Crippen molar-refractivity contribution < 1.29 is 14.3 Å². The molecule has 1 aliphatic heterocycles. The lowest BCUT2D eigenvalue weighted by Gasteiger charge is -2.31. The van der Waals surface area contributed by atoms with Crippen molar-refractivity contribution in [2.24, 2.45) is 5.73 Å². The van der Waals surface area contributed by atoms with E-state index >= 15 is 0 Å². The molecule has 7 nitrogen and oxygen atoms in total. The van der Waals surface area contributed by atoms with E-state index in [1.807, 2.05) is 12.1 Å². The number of rotatable bonds is 6. The molecule has 29 heavy (non-hydrogen) atoms. The quantitative estimate of drug-likeness (QED) is 0.785. The number of carbonyl (C=O) groups is 2. The van der Waals surface area contributed by atoms with Gasteiger partial charge in [0.2, 0.25) is 5.91 Å². The summed E-state index contributed by atoms with van der Waals surface area (Å²) >= 11 is 0. The number of carbonyl (C=O) groups excluding carboxylic acids is 2. The van der Waals surface area contributed by atoms with Gasteiger partial charge in [0, 0.05) is 18.7 Å². The first-order valence-electron chi connectivity index (χ1n) is 9.64. The smallest absolute Gasteiger partial charge is 0.265 e. The predicted octanol–water partition coefficient (Wildman–Crippen LogP) is 3.05. The minimum atomic E-state index is -0.769. The summed E-state index contributed by atoms with van der Waals surface area (Å²) in [6.07, 6.45) is 2.59. The Morgan fingerprint density at radius 3 is 2.45 bits per heavy atom. The fraction of sp³-hybridized carbons (Fsp3) is 0.318. The number of primary amides is 1. The molecule has 0 aliphatic carbocycles. The highest BCUT2D eigenvalue weighted by molar-refractivity contribution is 6.00. The molecule has 1 heterocycles. The third-order valence-electron chi connectivity index (χ3n) is 4.90. The van der Waals surface area contributed by atoms with Gasteiger partial charge in [-0.25, -0.2) is 0 Å². The molecular weight excluding hydrogens is 368 g/mol. The van der Waals surface area contributed by atoms with E-state index in [1.165, 1.54) is 6.42 Å². The zero-order chi connectivity index (χ0) is 20.8. The van der Waals surface area contributed by atoms with Gasteiger partial charge >= 0.3 is 0 Å². The SMILES string of the molecule is CC(Oc1ccc(C#N)cc1)C(=O)Nc1cc(C(N)=O)ccc1N1CCCCC1. The molecule has 0 aromatic heterocycles. The van der Waals surface area contributed by atoms with Crippen molar-refractivity contribution in [1.29, 1.82) is 5.26 Å². The number of amides is 2. The van der Waals surface area contributed by atoms with E-state index in [9.17, 15) is 9.59 Å². The van der Waals surface area contributed by atoms with Gasteiger partial charge in [-0.15, -0.1) is 0 Å². The Labute approximate surface area is 170 Å². The maximum absolute atomic E-state index is 12.7. The van der Waals surface area contributed by atoms with E-state index in [0.717, 1.165) is 31.6 Å². The summed E-state index contributed by atoms with van der Waals surface area (Å²) in [5, 5.41) is 11.7. The highest BCUT2D eigenvalue weighted by Crippen LogP contribution is 2.30. The molecule has 0 radical (unpaired) electrons. The monoisotopic (exact) mass is 392 g/mol. The van der Waals surface area contributed by atoms with E-state index in [-0.39, 0.29) is 5.91 Å². The third kappa shape index (κ3) is 5.05. The van der Waals surface area contributed by atoms with Gasteiger partial charge in [0.1, 0.15) is 5.75 Å². The topological polar surface area (TPSA) is 108 Å². The molecule has 0 bridgehead atoms. The second kappa shape index (κ2) is 9.11. The first kappa shape index (κ1) is 20.2.